The number of halogens is 4. The van der Waals surface area contributed by atoms with E-state index in [1.54, 1.807) is 12.4 Å². The van der Waals surface area contributed by atoms with E-state index in [0.29, 0.717) is 13.6 Å². The molecule has 0 bridgehead atoms. The highest BCUT2D eigenvalue weighted by Gasteiger charge is 2.19. The number of aldehydes is 1. The van der Waals surface area contributed by atoms with Crippen molar-refractivity contribution < 1.29 is 18.0 Å². The highest BCUT2D eigenvalue weighted by Crippen LogP contribution is 2.29. The molecule has 0 amide bonds. The maximum Gasteiger partial charge on any atom is 0.261 e. The summed E-state index contributed by atoms with van der Waals surface area (Å²) in [4.78, 5) is 23.4. The van der Waals surface area contributed by atoms with Gasteiger partial charge in [0, 0.05) is 58.1 Å². The van der Waals surface area contributed by atoms with Crippen molar-refractivity contribution in [3.05, 3.63) is 18.0 Å². The average molecular weight is 509 g/mol. The number of nitrogens with one attached hydrogen (secondary N) is 2. The van der Waals surface area contributed by atoms with Crippen molar-refractivity contribution in [2.75, 3.05) is 75.9 Å². The second-order valence-electron chi connectivity index (χ2n) is 7.65. The smallest absolute Gasteiger partial charge is 0.261 e. The highest BCUT2D eigenvalue weighted by molar-refractivity contribution is 6.19. The second-order valence-corrected chi connectivity index (χ2v) is 7.92. The molecule has 1 fully saturated rings. The zero-order valence-electron chi connectivity index (χ0n) is 21.0. The molecule has 0 aliphatic carbocycles. The first-order valence-electron chi connectivity index (χ1n) is 11.4. The van der Waals surface area contributed by atoms with Crippen LogP contribution in [0.4, 0.5) is 30.5 Å². The fourth-order valence-electron chi connectivity index (χ4n) is 3.40. The molecule has 0 saturated carbocycles. The molecule has 1 aromatic heterocycles. The summed E-state index contributed by atoms with van der Waals surface area (Å²) < 4.78 is 34.3. The number of aromatic nitrogens is 2. The largest absolute Gasteiger partial charge is 0.382 e. The number of nitrogens with zero attached hydrogens (tertiary/aromatic N) is 4. The van der Waals surface area contributed by atoms with Crippen LogP contribution in [-0.4, -0.2) is 88.0 Å². The Bertz CT molecular complexity index is 703. The summed E-state index contributed by atoms with van der Waals surface area (Å²) in [5.41, 5.74) is 0.967. The molecule has 196 valence electrons. The monoisotopic (exact) mass is 508 g/mol. The van der Waals surface area contributed by atoms with Crippen LogP contribution in [0.5, 0.6) is 0 Å². The van der Waals surface area contributed by atoms with E-state index in [4.69, 9.17) is 11.6 Å². The fraction of sp³-hybridized carbons (Fsp3) is 0.696. The Kier molecular flexibility index (Phi) is 18.1. The quantitative estimate of drug-likeness (QED) is 0.194. The predicted molar refractivity (Wildman–Crippen MR) is 136 cm³/mol. The molecule has 0 radical (unpaired) electrons. The van der Waals surface area contributed by atoms with Crippen molar-refractivity contribution in [2.45, 2.75) is 39.0 Å². The van der Waals surface area contributed by atoms with Gasteiger partial charge in [0.15, 0.2) is 11.6 Å². The number of hydrogen-bond donors (Lipinski definition) is 2. The van der Waals surface area contributed by atoms with Gasteiger partial charge in [-0.3, -0.25) is 4.39 Å². The van der Waals surface area contributed by atoms with E-state index in [1.165, 1.54) is 0 Å². The van der Waals surface area contributed by atoms with Crippen molar-refractivity contribution in [2.24, 2.45) is 5.92 Å². The molecule has 34 heavy (non-hydrogen) atoms. The normalized spacial score (nSPS) is 15.0. The van der Waals surface area contributed by atoms with E-state index in [-0.39, 0.29) is 17.4 Å². The molecule has 0 aromatic carbocycles. The number of likely N-dealkylation sites (N-methyl/N-ethyl adjacent to an activating group) is 1. The van der Waals surface area contributed by atoms with Gasteiger partial charge in [-0.05, 0) is 32.2 Å². The lowest BCUT2D eigenvalue weighted by atomic mass is 9.97. The lowest BCUT2D eigenvalue weighted by Gasteiger charge is -2.34. The van der Waals surface area contributed by atoms with E-state index in [9.17, 15) is 18.0 Å². The fourth-order valence-corrected chi connectivity index (χ4v) is 3.61. The number of hydrogen-bond acceptors (Lipinski definition) is 7. The zero-order valence-corrected chi connectivity index (χ0v) is 21.7. The third-order valence-corrected chi connectivity index (χ3v) is 5.73. The number of unbranched alkanes of at least 4 members (excludes halogenated alkanes) is 1. The first kappa shape index (κ1) is 31.9. The number of allylic oxidation sites excluding steroid dienone is 2. The summed E-state index contributed by atoms with van der Waals surface area (Å²) in [7, 11) is 6.42. The van der Waals surface area contributed by atoms with Gasteiger partial charge in [-0.25, -0.2) is 18.7 Å². The third kappa shape index (κ3) is 11.4. The van der Waals surface area contributed by atoms with Crippen LogP contribution in [0.3, 0.4) is 0 Å². The Morgan fingerprint density at radius 3 is 2.29 bits per heavy atom. The SMILES string of the molecule is CCC(/C=C(\CCl)C(F)F)CCCC=O.CF.CNc1ncnc(N2CCN(C)CC2)c1NC. The summed E-state index contributed by atoms with van der Waals surface area (Å²) in [5, 5.41) is 6.26. The number of rotatable bonds is 11. The summed E-state index contributed by atoms with van der Waals surface area (Å²) in [6, 6.07) is 0. The molecule has 2 heterocycles. The zero-order chi connectivity index (χ0) is 25.9. The molecule has 1 aliphatic heterocycles. The van der Waals surface area contributed by atoms with Crippen LogP contribution < -0.4 is 15.5 Å². The molecule has 1 aromatic rings. The van der Waals surface area contributed by atoms with Gasteiger partial charge in [0.2, 0.25) is 0 Å². The van der Waals surface area contributed by atoms with E-state index in [1.807, 2.05) is 21.0 Å². The van der Waals surface area contributed by atoms with Gasteiger partial charge >= 0.3 is 0 Å². The standard InChI is InChI=1S/C11H17ClF2O.C11H20N6.CH3F/c1-2-9(5-3-4-6-15)7-10(8-12)11(13)14;1-12-9-10(13-2)14-8-15-11(9)17-6-4-16(3)5-7-17;1-2/h6-7,9,11H,2-5,8H2,1H3;8,12H,4-7H2,1-3H3,(H,13,14,15);1H3/b10-7+;;. The van der Waals surface area contributed by atoms with Crippen LogP contribution >= 0.6 is 11.6 Å². The number of carbonyl (C=O) groups is 1. The Morgan fingerprint density at radius 1 is 1.18 bits per heavy atom. The van der Waals surface area contributed by atoms with Gasteiger partial charge in [0.1, 0.15) is 18.3 Å². The van der Waals surface area contributed by atoms with E-state index >= 15 is 0 Å². The minimum Gasteiger partial charge on any atom is -0.382 e. The maximum absolute atomic E-state index is 12.4. The molecule has 1 atom stereocenters. The molecule has 7 nitrogen and oxygen atoms in total. The van der Waals surface area contributed by atoms with E-state index in [0.717, 1.165) is 69.1 Å². The molecule has 0 spiro atoms. The minimum absolute atomic E-state index is 0.00498. The van der Waals surface area contributed by atoms with Crippen LogP contribution in [-0.2, 0) is 4.79 Å². The lowest BCUT2D eigenvalue weighted by molar-refractivity contribution is -0.107. The molecule has 11 heteroatoms. The van der Waals surface area contributed by atoms with Gasteiger partial charge in [-0.2, -0.15) is 0 Å². The second kappa shape index (κ2) is 19.3. The van der Waals surface area contributed by atoms with Crippen molar-refractivity contribution in [1.29, 1.82) is 0 Å². The highest BCUT2D eigenvalue weighted by atomic mass is 35.5. The molecule has 2 rings (SSSR count). The van der Waals surface area contributed by atoms with Crippen molar-refractivity contribution in [3.63, 3.8) is 0 Å². The van der Waals surface area contributed by atoms with Crippen LogP contribution in [0.15, 0.2) is 18.0 Å². The summed E-state index contributed by atoms with van der Waals surface area (Å²) in [6.45, 7) is 6.10. The molecular formula is C23H40ClF3N6O. The average Bonchev–Trinajstić information content (AvgIpc) is 2.87. The molecule has 1 aliphatic rings. The Balaban J connectivity index is 0.000000603. The van der Waals surface area contributed by atoms with Crippen LogP contribution in [0.2, 0.25) is 0 Å². The van der Waals surface area contributed by atoms with E-state index < -0.39 is 6.43 Å². The Hall–Kier alpha value is -2.07. The number of alkyl halides is 4. The molecule has 1 unspecified atom stereocenters. The number of carbonyl (C=O) groups excluding carboxylic acids is 1. The topological polar surface area (TPSA) is 73.4 Å². The van der Waals surface area contributed by atoms with Crippen LogP contribution in [0.25, 0.3) is 0 Å². The van der Waals surface area contributed by atoms with Gasteiger partial charge in [-0.15, -0.1) is 11.6 Å². The summed E-state index contributed by atoms with van der Waals surface area (Å²) in [5.74, 6) is 1.81. The summed E-state index contributed by atoms with van der Waals surface area (Å²) >= 11 is 5.42. The van der Waals surface area contributed by atoms with Gasteiger partial charge in [-0.1, -0.05) is 13.0 Å². The maximum atomic E-state index is 12.4. The lowest BCUT2D eigenvalue weighted by Crippen LogP contribution is -2.45. The predicted octanol–water partition coefficient (Wildman–Crippen LogP) is 4.71. The van der Waals surface area contributed by atoms with Gasteiger partial charge in [0.25, 0.3) is 6.43 Å². The van der Waals surface area contributed by atoms with Crippen LogP contribution in [0, 0.1) is 5.92 Å². The van der Waals surface area contributed by atoms with Gasteiger partial charge in [0.05, 0.1) is 7.18 Å². The van der Waals surface area contributed by atoms with Crippen molar-refractivity contribution in [3.8, 4) is 0 Å². The first-order chi connectivity index (χ1) is 16.4. The molecule has 1 saturated heterocycles. The first-order valence-corrected chi connectivity index (χ1v) is 11.9. The Labute approximate surface area is 207 Å². The number of piperazine rings is 1. The van der Waals surface area contributed by atoms with Crippen LogP contribution in [0.1, 0.15) is 32.6 Å². The van der Waals surface area contributed by atoms with Gasteiger partial charge < -0.3 is 25.2 Å². The summed E-state index contributed by atoms with van der Waals surface area (Å²) in [6.07, 6.45) is 4.36. The van der Waals surface area contributed by atoms with Crippen molar-refractivity contribution in [1.82, 2.24) is 14.9 Å². The minimum atomic E-state index is -2.47. The Morgan fingerprint density at radius 2 is 1.82 bits per heavy atom. The third-order valence-electron chi connectivity index (χ3n) is 5.42. The van der Waals surface area contributed by atoms with E-state index in [2.05, 4.69) is 37.4 Å². The molecular weight excluding hydrogens is 469 g/mol. The van der Waals surface area contributed by atoms with Crippen molar-refractivity contribution >= 4 is 35.2 Å². The number of anilines is 3. The molecule has 2 N–H and O–H groups in total.